The molecule has 0 radical (unpaired) electrons. The van der Waals surface area contributed by atoms with E-state index in [1.807, 2.05) is 41.8 Å². The molecule has 0 saturated heterocycles. The number of nitrogens with zero attached hydrogens (tertiary/aromatic N) is 4. The van der Waals surface area contributed by atoms with Gasteiger partial charge < -0.3 is 4.74 Å². The van der Waals surface area contributed by atoms with Crippen LogP contribution >= 0.6 is 11.8 Å². The lowest BCUT2D eigenvalue weighted by atomic mass is 10.1. The zero-order valence-electron chi connectivity index (χ0n) is 17.8. The zero-order chi connectivity index (χ0) is 23.2. The summed E-state index contributed by atoms with van der Waals surface area (Å²) in [7, 11) is 0. The second kappa shape index (κ2) is 10.3. The van der Waals surface area contributed by atoms with Crippen LogP contribution in [0.25, 0.3) is 5.69 Å². The second-order valence-electron chi connectivity index (χ2n) is 7.31. The maximum Gasteiger partial charge on any atom is 0.220 e. The second-order valence-corrected chi connectivity index (χ2v) is 8.48. The standard InChI is InChI=1S/C24H21FN4O3S/c1-17-26-27-24(29(17)21-8-3-2-4-9-21)33-23(15-28(30)31)19-10-12-22(13-11-19)32-16-18-6-5-7-20(25)14-18/h2-14,23H,15-16H2,1H3/t23-/m0/s1. The van der Waals surface area contributed by atoms with Gasteiger partial charge in [-0.25, -0.2) is 4.39 Å². The van der Waals surface area contributed by atoms with Crippen molar-refractivity contribution in [2.75, 3.05) is 6.54 Å². The lowest BCUT2D eigenvalue weighted by Gasteiger charge is -2.15. The number of para-hydroxylation sites is 1. The van der Waals surface area contributed by atoms with Crippen LogP contribution in [-0.4, -0.2) is 26.2 Å². The van der Waals surface area contributed by atoms with Gasteiger partial charge in [0.15, 0.2) is 5.16 Å². The quantitative estimate of drug-likeness (QED) is 0.187. The minimum absolute atomic E-state index is 0.226. The van der Waals surface area contributed by atoms with E-state index >= 15 is 0 Å². The Balaban J connectivity index is 1.52. The molecule has 168 valence electrons. The number of hydrogen-bond acceptors (Lipinski definition) is 6. The van der Waals surface area contributed by atoms with E-state index in [2.05, 4.69) is 10.2 Å². The van der Waals surface area contributed by atoms with Crippen LogP contribution in [0.15, 0.2) is 84.0 Å². The van der Waals surface area contributed by atoms with E-state index in [9.17, 15) is 14.5 Å². The number of ether oxygens (including phenoxy) is 1. The molecule has 1 atom stereocenters. The number of aryl methyl sites for hydroxylation is 1. The van der Waals surface area contributed by atoms with Gasteiger partial charge in [-0.05, 0) is 54.4 Å². The molecule has 0 unspecified atom stereocenters. The molecule has 1 aromatic heterocycles. The third kappa shape index (κ3) is 5.75. The Bertz CT molecular complexity index is 1230. The van der Waals surface area contributed by atoms with Gasteiger partial charge in [0.1, 0.15) is 29.2 Å². The van der Waals surface area contributed by atoms with Gasteiger partial charge in [-0.3, -0.25) is 14.7 Å². The number of rotatable bonds is 9. The Labute approximate surface area is 194 Å². The van der Waals surface area contributed by atoms with Crippen molar-refractivity contribution in [3.8, 4) is 11.4 Å². The topological polar surface area (TPSA) is 83.1 Å². The number of hydrogen-bond donors (Lipinski definition) is 0. The molecule has 4 aromatic rings. The molecule has 0 aliphatic rings. The molecule has 0 aliphatic heterocycles. The Morgan fingerprint density at radius 1 is 1.06 bits per heavy atom. The van der Waals surface area contributed by atoms with Crippen molar-refractivity contribution in [1.82, 2.24) is 14.8 Å². The highest BCUT2D eigenvalue weighted by molar-refractivity contribution is 7.99. The molecule has 0 amide bonds. The van der Waals surface area contributed by atoms with Crippen LogP contribution in [0.4, 0.5) is 4.39 Å². The Kier molecular flexibility index (Phi) is 6.99. The van der Waals surface area contributed by atoms with Crippen LogP contribution in [-0.2, 0) is 6.61 Å². The highest BCUT2D eigenvalue weighted by Gasteiger charge is 2.23. The van der Waals surface area contributed by atoms with Gasteiger partial charge in [0.05, 0.1) is 0 Å². The predicted octanol–water partition coefficient (Wildman–Crippen LogP) is 5.40. The first-order valence-corrected chi connectivity index (χ1v) is 11.1. The van der Waals surface area contributed by atoms with Gasteiger partial charge in [-0.2, -0.15) is 0 Å². The van der Waals surface area contributed by atoms with Gasteiger partial charge in [-0.15, -0.1) is 10.2 Å². The Morgan fingerprint density at radius 2 is 1.82 bits per heavy atom. The van der Waals surface area contributed by atoms with Crippen molar-refractivity contribution in [3.63, 3.8) is 0 Å². The Morgan fingerprint density at radius 3 is 2.52 bits per heavy atom. The molecule has 7 nitrogen and oxygen atoms in total. The van der Waals surface area contributed by atoms with E-state index in [0.29, 0.717) is 16.7 Å². The van der Waals surface area contributed by atoms with Crippen LogP contribution in [0.1, 0.15) is 22.2 Å². The summed E-state index contributed by atoms with van der Waals surface area (Å²) in [6.07, 6.45) is 0. The largest absolute Gasteiger partial charge is 0.489 e. The third-order valence-electron chi connectivity index (χ3n) is 4.92. The lowest BCUT2D eigenvalue weighted by molar-refractivity contribution is -0.479. The molecule has 1 heterocycles. The summed E-state index contributed by atoms with van der Waals surface area (Å²) in [6, 6.07) is 23.0. The van der Waals surface area contributed by atoms with Crippen LogP contribution in [0.2, 0.25) is 0 Å². The first-order valence-electron chi connectivity index (χ1n) is 10.2. The number of halogens is 1. The van der Waals surface area contributed by atoms with Gasteiger partial charge >= 0.3 is 0 Å². The average molecular weight is 465 g/mol. The molecule has 0 aliphatic carbocycles. The van der Waals surface area contributed by atoms with E-state index in [-0.39, 0.29) is 23.9 Å². The molecule has 0 saturated carbocycles. The third-order valence-corrected chi connectivity index (χ3v) is 6.10. The molecular formula is C24H21FN4O3S. The molecule has 9 heteroatoms. The first-order chi connectivity index (χ1) is 16.0. The smallest absolute Gasteiger partial charge is 0.220 e. The highest BCUT2D eigenvalue weighted by atomic mass is 32.2. The monoisotopic (exact) mass is 464 g/mol. The normalized spacial score (nSPS) is 11.8. The maximum absolute atomic E-state index is 13.3. The highest BCUT2D eigenvalue weighted by Crippen LogP contribution is 2.36. The predicted molar refractivity (Wildman–Crippen MR) is 124 cm³/mol. The summed E-state index contributed by atoms with van der Waals surface area (Å²) < 4.78 is 20.9. The molecule has 33 heavy (non-hydrogen) atoms. The fourth-order valence-electron chi connectivity index (χ4n) is 3.34. The minimum atomic E-state index is -0.469. The molecular weight excluding hydrogens is 443 g/mol. The number of benzene rings is 3. The number of aromatic nitrogens is 3. The zero-order valence-corrected chi connectivity index (χ0v) is 18.6. The molecule has 0 bridgehead atoms. The van der Waals surface area contributed by atoms with Crippen molar-refractivity contribution in [1.29, 1.82) is 0 Å². The molecule has 0 N–H and O–H groups in total. The molecule has 3 aromatic carbocycles. The molecule has 0 spiro atoms. The summed E-state index contributed by atoms with van der Waals surface area (Å²) in [5, 5.41) is 19.9. The van der Waals surface area contributed by atoms with Gasteiger partial charge in [0.2, 0.25) is 6.54 Å². The molecule has 0 fully saturated rings. The number of thioether (sulfide) groups is 1. The van der Waals surface area contributed by atoms with Crippen LogP contribution in [0.5, 0.6) is 5.75 Å². The first kappa shape index (κ1) is 22.5. The van der Waals surface area contributed by atoms with Crippen LogP contribution in [0.3, 0.4) is 0 Å². The summed E-state index contributed by atoms with van der Waals surface area (Å²) in [4.78, 5) is 11.1. The maximum atomic E-state index is 13.3. The Hall–Kier alpha value is -3.72. The van der Waals surface area contributed by atoms with Crippen molar-refractivity contribution >= 4 is 11.8 Å². The van der Waals surface area contributed by atoms with Crippen molar-refractivity contribution in [2.24, 2.45) is 0 Å². The van der Waals surface area contributed by atoms with Crippen molar-refractivity contribution < 1.29 is 14.1 Å². The summed E-state index contributed by atoms with van der Waals surface area (Å²) in [5.41, 5.74) is 2.38. The fourth-order valence-corrected chi connectivity index (χ4v) is 4.51. The summed E-state index contributed by atoms with van der Waals surface area (Å²) in [5.74, 6) is 0.977. The number of nitro groups is 1. The van der Waals surface area contributed by atoms with E-state index < -0.39 is 5.25 Å². The van der Waals surface area contributed by atoms with Gasteiger partial charge in [-0.1, -0.05) is 54.2 Å². The van der Waals surface area contributed by atoms with Gasteiger partial charge in [0, 0.05) is 10.6 Å². The average Bonchev–Trinajstić information content (AvgIpc) is 3.18. The van der Waals surface area contributed by atoms with Crippen molar-refractivity contribution in [2.45, 2.75) is 23.9 Å². The van der Waals surface area contributed by atoms with E-state index in [1.165, 1.54) is 23.9 Å². The minimum Gasteiger partial charge on any atom is -0.489 e. The van der Waals surface area contributed by atoms with Crippen molar-refractivity contribution in [3.05, 3.63) is 112 Å². The van der Waals surface area contributed by atoms with E-state index in [4.69, 9.17) is 4.74 Å². The SMILES string of the molecule is Cc1nnc(S[C@@H](C[N+](=O)[O-])c2ccc(OCc3cccc(F)c3)cc2)n1-c1ccccc1. The van der Waals surface area contributed by atoms with E-state index in [1.54, 1.807) is 36.4 Å². The van der Waals surface area contributed by atoms with E-state index in [0.717, 1.165) is 16.8 Å². The van der Waals surface area contributed by atoms with Gasteiger partial charge in [0.25, 0.3) is 0 Å². The van der Waals surface area contributed by atoms with Crippen LogP contribution in [0, 0.1) is 22.9 Å². The lowest BCUT2D eigenvalue weighted by Crippen LogP contribution is -2.11. The summed E-state index contributed by atoms with van der Waals surface area (Å²) in [6.45, 7) is 1.80. The van der Waals surface area contributed by atoms with Crippen LogP contribution < -0.4 is 4.74 Å². The fraction of sp³-hybridized carbons (Fsp3) is 0.167. The molecule has 4 rings (SSSR count). The summed E-state index contributed by atoms with van der Waals surface area (Å²) >= 11 is 1.30.